The van der Waals surface area contributed by atoms with Crippen LogP contribution in [0.1, 0.15) is 24.3 Å². The molecule has 29 heavy (non-hydrogen) atoms. The third-order valence-corrected chi connectivity index (χ3v) is 5.38. The summed E-state index contributed by atoms with van der Waals surface area (Å²) in [6.07, 6.45) is 1.10. The minimum absolute atomic E-state index is 0.0585. The number of hydrogen-bond donors (Lipinski definition) is 0. The minimum atomic E-state index is -1.65. The fraction of sp³-hybridized carbons (Fsp3) is 0.364. The Balaban J connectivity index is 1.32. The van der Waals surface area contributed by atoms with Gasteiger partial charge in [-0.1, -0.05) is 41.6 Å². The first-order valence-electron chi connectivity index (χ1n) is 9.89. The highest BCUT2D eigenvalue weighted by atomic mass is 19.1. The second-order valence-corrected chi connectivity index (χ2v) is 7.55. The van der Waals surface area contributed by atoms with Crippen molar-refractivity contribution in [2.24, 2.45) is 0 Å². The Hall–Kier alpha value is -2.93. The molecule has 150 valence electrons. The van der Waals surface area contributed by atoms with Gasteiger partial charge in [-0.25, -0.2) is 4.39 Å². The number of piperidine rings is 1. The molecule has 3 aromatic rings. The third kappa shape index (κ3) is 3.70. The molecular formula is C22H22FN3O3. The van der Waals surface area contributed by atoms with Gasteiger partial charge in [-0.2, -0.15) is 4.98 Å². The van der Waals surface area contributed by atoms with Crippen LogP contribution in [0.2, 0.25) is 0 Å². The smallest absolute Gasteiger partial charge is 0.265 e. The molecule has 1 fully saturated rings. The van der Waals surface area contributed by atoms with Crippen LogP contribution < -0.4 is 9.47 Å². The van der Waals surface area contributed by atoms with Gasteiger partial charge >= 0.3 is 0 Å². The fourth-order valence-corrected chi connectivity index (χ4v) is 3.96. The number of likely N-dealkylation sites (tertiary alicyclic amines) is 1. The normalized spacial score (nSPS) is 21.8. The van der Waals surface area contributed by atoms with Crippen LogP contribution in [-0.4, -0.2) is 41.3 Å². The van der Waals surface area contributed by atoms with Gasteiger partial charge in [-0.05, 0) is 37.1 Å². The van der Waals surface area contributed by atoms with E-state index in [1.807, 2.05) is 48.5 Å². The van der Waals surface area contributed by atoms with E-state index in [0.717, 1.165) is 35.6 Å². The van der Waals surface area contributed by atoms with Crippen molar-refractivity contribution in [3.05, 3.63) is 60.0 Å². The highest BCUT2D eigenvalue weighted by Crippen LogP contribution is 2.37. The molecule has 3 heterocycles. The maximum atomic E-state index is 15.8. The van der Waals surface area contributed by atoms with Crippen LogP contribution in [0.5, 0.6) is 11.5 Å². The van der Waals surface area contributed by atoms with E-state index in [2.05, 4.69) is 15.0 Å². The van der Waals surface area contributed by atoms with Gasteiger partial charge in [0.15, 0.2) is 11.5 Å². The molecule has 1 saturated heterocycles. The molecule has 2 aliphatic rings. The predicted octanol–water partition coefficient (Wildman–Crippen LogP) is 3.97. The average Bonchev–Trinajstić information content (AvgIpc) is 3.26. The first-order chi connectivity index (χ1) is 14.2. The number of hydrogen-bond acceptors (Lipinski definition) is 6. The number of fused-ring (bicyclic) bond motifs is 1. The van der Waals surface area contributed by atoms with Gasteiger partial charge in [0.1, 0.15) is 13.2 Å². The monoisotopic (exact) mass is 395 g/mol. The van der Waals surface area contributed by atoms with Crippen LogP contribution in [0.3, 0.4) is 0 Å². The molecule has 5 rings (SSSR count). The molecule has 2 aromatic carbocycles. The molecule has 7 heteroatoms. The number of ether oxygens (including phenoxy) is 2. The molecule has 0 spiro atoms. The van der Waals surface area contributed by atoms with Gasteiger partial charge < -0.3 is 14.0 Å². The van der Waals surface area contributed by atoms with Crippen LogP contribution in [0, 0.1) is 0 Å². The molecule has 0 N–H and O–H groups in total. The molecule has 1 aromatic heterocycles. The zero-order valence-corrected chi connectivity index (χ0v) is 16.0. The summed E-state index contributed by atoms with van der Waals surface area (Å²) in [5.41, 5.74) is 0.232. The zero-order valence-electron chi connectivity index (χ0n) is 16.0. The zero-order chi connectivity index (χ0) is 19.7. The molecule has 0 amide bonds. The second-order valence-electron chi connectivity index (χ2n) is 7.55. The Bertz CT molecular complexity index is 994. The number of rotatable bonds is 4. The molecule has 6 nitrogen and oxygen atoms in total. The van der Waals surface area contributed by atoms with Crippen LogP contribution in [0.25, 0.3) is 11.4 Å². The summed E-state index contributed by atoms with van der Waals surface area (Å²) in [4.78, 5) is 6.44. The molecule has 0 aliphatic carbocycles. The maximum absolute atomic E-state index is 15.8. The van der Waals surface area contributed by atoms with Crippen molar-refractivity contribution in [3.8, 4) is 22.9 Å². The summed E-state index contributed by atoms with van der Waals surface area (Å²) in [5.74, 6) is 1.99. The van der Waals surface area contributed by atoms with Crippen molar-refractivity contribution in [1.29, 1.82) is 0 Å². The lowest BCUT2D eigenvalue weighted by Crippen LogP contribution is -2.43. The van der Waals surface area contributed by atoms with Crippen molar-refractivity contribution in [2.75, 3.05) is 26.3 Å². The van der Waals surface area contributed by atoms with Crippen LogP contribution in [-0.2, 0) is 12.2 Å². The summed E-state index contributed by atoms with van der Waals surface area (Å²) in [5, 5.41) is 3.99. The lowest BCUT2D eigenvalue weighted by atomic mass is 9.94. The Labute approximate surface area is 168 Å². The molecular weight excluding hydrogens is 373 g/mol. The third-order valence-electron chi connectivity index (χ3n) is 5.38. The van der Waals surface area contributed by atoms with Gasteiger partial charge in [-0.3, -0.25) is 4.90 Å². The number of nitrogens with zero attached hydrogens (tertiary/aromatic N) is 3. The van der Waals surface area contributed by atoms with Gasteiger partial charge in [-0.15, -0.1) is 0 Å². The lowest BCUT2D eigenvalue weighted by Gasteiger charge is -2.35. The van der Waals surface area contributed by atoms with E-state index in [-0.39, 0.29) is 12.4 Å². The Morgan fingerprint density at radius 2 is 1.86 bits per heavy atom. The molecule has 1 unspecified atom stereocenters. The fourth-order valence-electron chi connectivity index (χ4n) is 3.96. The maximum Gasteiger partial charge on any atom is 0.265 e. The predicted molar refractivity (Wildman–Crippen MR) is 104 cm³/mol. The van der Waals surface area contributed by atoms with Crippen molar-refractivity contribution in [2.45, 2.75) is 25.1 Å². The number of alkyl halides is 1. The first-order valence-corrected chi connectivity index (χ1v) is 9.89. The van der Waals surface area contributed by atoms with E-state index in [0.29, 0.717) is 32.0 Å². The van der Waals surface area contributed by atoms with Crippen molar-refractivity contribution in [3.63, 3.8) is 0 Å². The average molecular weight is 395 g/mol. The summed E-state index contributed by atoms with van der Waals surface area (Å²) >= 11 is 0. The highest BCUT2D eigenvalue weighted by Gasteiger charge is 2.42. The summed E-state index contributed by atoms with van der Waals surface area (Å²) in [6.45, 7) is 2.78. The SMILES string of the molecule is FC1(c2nc(-c3ccccc3)no2)CCCN(Cc2ccc3c(c2)OCCO3)C1. The standard InChI is InChI=1S/C22H22FN3O3/c23-22(21-24-20(25-29-21)17-5-2-1-3-6-17)9-4-10-26(15-22)14-16-7-8-18-19(13-16)28-12-11-27-18/h1-3,5-8,13H,4,9-12,14-15H2. The van der Waals surface area contributed by atoms with E-state index >= 15 is 4.39 Å². The van der Waals surface area contributed by atoms with Crippen LogP contribution >= 0.6 is 0 Å². The van der Waals surface area contributed by atoms with Gasteiger partial charge in [0.25, 0.3) is 5.89 Å². The van der Waals surface area contributed by atoms with E-state index in [1.54, 1.807) is 0 Å². The van der Waals surface area contributed by atoms with Crippen LogP contribution in [0.4, 0.5) is 4.39 Å². The van der Waals surface area contributed by atoms with Gasteiger partial charge in [0.05, 0.1) is 0 Å². The van der Waals surface area contributed by atoms with E-state index < -0.39 is 5.67 Å². The molecule has 0 radical (unpaired) electrons. The highest BCUT2D eigenvalue weighted by molar-refractivity contribution is 5.53. The summed E-state index contributed by atoms with van der Waals surface area (Å²) in [6, 6.07) is 15.4. The number of halogens is 1. The van der Waals surface area contributed by atoms with Crippen LogP contribution in [0.15, 0.2) is 53.1 Å². The summed E-state index contributed by atoms with van der Waals surface area (Å²) in [7, 11) is 0. The topological polar surface area (TPSA) is 60.6 Å². The molecule has 1 atom stereocenters. The second kappa shape index (κ2) is 7.48. The Morgan fingerprint density at radius 3 is 2.72 bits per heavy atom. The Kier molecular flexibility index (Phi) is 4.67. The minimum Gasteiger partial charge on any atom is -0.486 e. The first kappa shape index (κ1) is 18.1. The van der Waals surface area contributed by atoms with Crippen molar-refractivity contribution in [1.82, 2.24) is 15.0 Å². The summed E-state index contributed by atoms with van der Waals surface area (Å²) < 4.78 is 32.3. The van der Waals surface area contributed by atoms with Crippen molar-refractivity contribution < 1.29 is 18.4 Å². The quantitative estimate of drug-likeness (QED) is 0.666. The van der Waals surface area contributed by atoms with E-state index in [9.17, 15) is 0 Å². The largest absolute Gasteiger partial charge is 0.486 e. The molecule has 2 aliphatic heterocycles. The number of aromatic nitrogens is 2. The van der Waals surface area contributed by atoms with Gasteiger partial charge in [0.2, 0.25) is 11.5 Å². The Morgan fingerprint density at radius 1 is 1.03 bits per heavy atom. The molecule has 0 saturated carbocycles. The van der Waals surface area contributed by atoms with Crippen molar-refractivity contribution >= 4 is 0 Å². The van der Waals surface area contributed by atoms with E-state index in [4.69, 9.17) is 14.0 Å². The van der Waals surface area contributed by atoms with E-state index in [1.165, 1.54) is 0 Å². The number of benzene rings is 2. The van der Waals surface area contributed by atoms with Gasteiger partial charge in [0, 0.05) is 18.7 Å². The lowest BCUT2D eigenvalue weighted by molar-refractivity contribution is 0.0123. The molecule has 0 bridgehead atoms.